The van der Waals surface area contributed by atoms with Crippen LogP contribution in [-0.4, -0.2) is 11.9 Å². The first-order chi connectivity index (χ1) is 7.63. The van der Waals surface area contributed by atoms with Crippen molar-refractivity contribution < 1.29 is 9.59 Å². The number of carbonyl (C=O) groups excluding carboxylic acids is 2. The monoisotopic (exact) mass is 219 g/mol. The molecular formula is C11H13N3O2. The summed E-state index contributed by atoms with van der Waals surface area (Å²) in [5.41, 5.74) is 13.2. The van der Waals surface area contributed by atoms with Crippen LogP contribution >= 0.6 is 0 Å². The first kappa shape index (κ1) is 10.6. The maximum absolute atomic E-state index is 11.6. The summed E-state index contributed by atoms with van der Waals surface area (Å²) in [4.78, 5) is 23.8. The standard InChI is InChI=1S/C11H13N3O2/c12-6-7-1-3-9-8(5-7)2-4-10(15)14(9)11(13)16/h1,3,5H,2,4,6,12H2,(H2,13,16). The van der Waals surface area contributed by atoms with Crippen LogP contribution in [0.5, 0.6) is 0 Å². The SMILES string of the molecule is NCc1ccc2c(c1)CCC(=O)N2C(N)=O. The Balaban J connectivity index is 2.48. The van der Waals surface area contributed by atoms with Crippen LogP contribution in [0, 0.1) is 0 Å². The Bertz CT molecular complexity index is 457. The van der Waals surface area contributed by atoms with Crippen LogP contribution in [-0.2, 0) is 17.8 Å². The number of hydrogen-bond donors (Lipinski definition) is 2. The van der Waals surface area contributed by atoms with E-state index in [4.69, 9.17) is 11.5 Å². The second-order valence-electron chi connectivity index (χ2n) is 3.73. The Kier molecular flexibility index (Phi) is 2.62. The number of nitrogens with zero attached hydrogens (tertiary/aromatic N) is 1. The minimum Gasteiger partial charge on any atom is -0.351 e. The number of imide groups is 1. The summed E-state index contributed by atoms with van der Waals surface area (Å²) in [6.07, 6.45) is 0.940. The lowest BCUT2D eigenvalue weighted by molar-refractivity contribution is -0.118. The normalized spacial score (nSPS) is 14.8. The highest BCUT2D eigenvalue weighted by Gasteiger charge is 2.27. The van der Waals surface area contributed by atoms with Gasteiger partial charge in [0.05, 0.1) is 5.69 Å². The molecule has 2 rings (SSSR count). The Hall–Kier alpha value is -1.88. The van der Waals surface area contributed by atoms with Gasteiger partial charge in [-0.25, -0.2) is 9.69 Å². The Morgan fingerprint density at radius 2 is 2.12 bits per heavy atom. The number of anilines is 1. The molecule has 0 spiro atoms. The van der Waals surface area contributed by atoms with Crippen LogP contribution in [0.1, 0.15) is 17.5 Å². The number of carbonyl (C=O) groups is 2. The molecule has 0 atom stereocenters. The smallest absolute Gasteiger partial charge is 0.326 e. The van der Waals surface area contributed by atoms with Crippen molar-refractivity contribution in [2.75, 3.05) is 4.90 Å². The first-order valence-electron chi connectivity index (χ1n) is 5.07. The Morgan fingerprint density at radius 1 is 1.38 bits per heavy atom. The predicted molar refractivity (Wildman–Crippen MR) is 59.7 cm³/mol. The van der Waals surface area contributed by atoms with E-state index in [9.17, 15) is 9.59 Å². The second-order valence-corrected chi connectivity index (χ2v) is 3.73. The maximum atomic E-state index is 11.6. The van der Waals surface area contributed by atoms with E-state index in [1.165, 1.54) is 0 Å². The van der Waals surface area contributed by atoms with E-state index in [1.807, 2.05) is 6.07 Å². The molecule has 16 heavy (non-hydrogen) atoms. The quantitative estimate of drug-likeness (QED) is 0.720. The van der Waals surface area contributed by atoms with E-state index in [0.29, 0.717) is 25.1 Å². The van der Waals surface area contributed by atoms with Gasteiger partial charge in [-0.15, -0.1) is 0 Å². The molecule has 5 heteroatoms. The summed E-state index contributed by atoms with van der Waals surface area (Å²) in [5.74, 6) is -0.250. The number of nitrogens with two attached hydrogens (primary N) is 2. The number of urea groups is 1. The van der Waals surface area contributed by atoms with Crippen molar-refractivity contribution in [3.63, 3.8) is 0 Å². The predicted octanol–water partition coefficient (Wildman–Crippen LogP) is 0.503. The zero-order chi connectivity index (χ0) is 11.7. The zero-order valence-corrected chi connectivity index (χ0v) is 8.77. The van der Waals surface area contributed by atoms with Crippen molar-refractivity contribution in [2.45, 2.75) is 19.4 Å². The van der Waals surface area contributed by atoms with E-state index >= 15 is 0 Å². The van der Waals surface area contributed by atoms with Crippen LogP contribution < -0.4 is 16.4 Å². The fraction of sp³-hybridized carbons (Fsp3) is 0.273. The maximum Gasteiger partial charge on any atom is 0.326 e. The molecule has 5 nitrogen and oxygen atoms in total. The van der Waals surface area contributed by atoms with Crippen LogP contribution in [0.4, 0.5) is 10.5 Å². The summed E-state index contributed by atoms with van der Waals surface area (Å²) in [7, 11) is 0. The summed E-state index contributed by atoms with van der Waals surface area (Å²) in [6, 6.07) is 4.70. The molecule has 1 aliphatic rings. The lowest BCUT2D eigenvalue weighted by Gasteiger charge is -2.26. The zero-order valence-electron chi connectivity index (χ0n) is 8.77. The molecule has 1 heterocycles. The minimum atomic E-state index is -0.730. The summed E-state index contributed by atoms with van der Waals surface area (Å²) < 4.78 is 0. The van der Waals surface area contributed by atoms with E-state index in [-0.39, 0.29) is 5.91 Å². The summed E-state index contributed by atoms with van der Waals surface area (Å²) >= 11 is 0. The summed E-state index contributed by atoms with van der Waals surface area (Å²) in [6.45, 7) is 0.442. The largest absolute Gasteiger partial charge is 0.351 e. The van der Waals surface area contributed by atoms with E-state index in [0.717, 1.165) is 16.0 Å². The average molecular weight is 219 g/mol. The van der Waals surface area contributed by atoms with Gasteiger partial charge in [0.25, 0.3) is 0 Å². The van der Waals surface area contributed by atoms with Crippen molar-refractivity contribution in [1.82, 2.24) is 0 Å². The van der Waals surface area contributed by atoms with Crippen LogP contribution in [0.25, 0.3) is 0 Å². The minimum absolute atomic E-state index is 0.250. The molecule has 84 valence electrons. The van der Waals surface area contributed by atoms with Gasteiger partial charge >= 0.3 is 6.03 Å². The van der Waals surface area contributed by atoms with Crippen LogP contribution in [0.2, 0.25) is 0 Å². The van der Waals surface area contributed by atoms with Gasteiger partial charge in [-0.3, -0.25) is 4.79 Å². The van der Waals surface area contributed by atoms with E-state index < -0.39 is 6.03 Å². The number of primary amides is 1. The molecule has 1 aromatic carbocycles. The third-order valence-corrected chi connectivity index (χ3v) is 2.70. The van der Waals surface area contributed by atoms with Crippen molar-refractivity contribution in [3.8, 4) is 0 Å². The third kappa shape index (κ3) is 1.65. The van der Waals surface area contributed by atoms with E-state index in [2.05, 4.69) is 0 Å². The van der Waals surface area contributed by atoms with Gasteiger partial charge in [0.15, 0.2) is 0 Å². The molecule has 0 saturated heterocycles. The molecule has 0 aliphatic carbocycles. The number of benzene rings is 1. The van der Waals surface area contributed by atoms with Crippen LogP contribution in [0.3, 0.4) is 0 Å². The van der Waals surface area contributed by atoms with Crippen molar-refractivity contribution in [1.29, 1.82) is 0 Å². The van der Waals surface area contributed by atoms with Gasteiger partial charge in [0, 0.05) is 13.0 Å². The molecule has 0 fully saturated rings. The molecule has 0 radical (unpaired) electrons. The van der Waals surface area contributed by atoms with Gasteiger partial charge in [-0.1, -0.05) is 12.1 Å². The topological polar surface area (TPSA) is 89.4 Å². The molecular weight excluding hydrogens is 206 g/mol. The van der Waals surface area contributed by atoms with Gasteiger partial charge in [-0.2, -0.15) is 0 Å². The van der Waals surface area contributed by atoms with E-state index in [1.54, 1.807) is 12.1 Å². The fourth-order valence-electron chi connectivity index (χ4n) is 1.91. The lowest BCUT2D eigenvalue weighted by atomic mass is 9.99. The van der Waals surface area contributed by atoms with Crippen molar-refractivity contribution >= 4 is 17.6 Å². The Labute approximate surface area is 93.0 Å². The highest BCUT2D eigenvalue weighted by molar-refractivity contribution is 6.15. The van der Waals surface area contributed by atoms with Gasteiger partial charge in [0.1, 0.15) is 0 Å². The van der Waals surface area contributed by atoms with Gasteiger partial charge in [0.2, 0.25) is 5.91 Å². The average Bonchev–Trinajstić information content (AvgIpc) is 2.27. The van der Waals surface area contributed by atoms with Crippen molar-refractivity contribution in [3.05, 3.63) is 29.3 Å². The fourth-order valence-corrected chi connectivity index (χ4v) is 1.91. The number of rotatable bonds is 1. The van der Waals surface area contributed by atoms with Crippen LogP contribution in [0.15, 0.2) is 18.2 Å². The van der Waals surface area contributed by atoms with Crippen molar-refractivity contribution in [2.24, 2.45) is 11.5 Å². The highest BCUT2D eigenvalue weighted by atomic mass is 16.2. The molecule has 1 aromatic rings. The molecule has 4 N–H and O–H groups in total. The molecule has 1 aliphatic heterocycles. The molecule has 0 aromatic heterocycles. The Morgan fingerprint density at radius 3 is 2.75 bits per heavy atom. The van der Waals surface area contributed by atoms with Gasteiger partial charge in [-0.05, 0) is 23.6 Å². The molecule has 0 saturated carbocycles. The summed E-state index contributed by atoms with van der Waals surface area (Å²) in [5, 5.41) is 0. The number of amides is 3. The molecule has 0 unspecified atom stereocenters. The number of hydrogen-bond acceptors (Lipinski definition) is 3. The second kappa shape index (κ2) is 3.94. The third-order valence-electron chi connectivity index (χ3n) is 2.70. The first-order valence-corrected chi connectivity index (χ1v) is 5.07. The molecule has 3 amide bonds. The molecule has 0 bridgehead atoms. The number of aryl methyl sites for hydroxylation is 1. The highest BCUT2D eigenvalue weighted by Crippen LogP contribution is 2.28. The lowest BCUT2D eigenvalue weighted by Crippen LogP contribution is -2.43. The van der Waals surface area contributed by atoms with Gasteiger partial charge < -0.3 is 11.5 Å². The number of fused-ring (bicyclic) bond motifs is 1.